The van der Waals surface area contributed by atoms with Crippen molar-refractivity contribution in [1.82, 2.24) is 0 Å². The average molecular weight is 99.1 g/mol. The standard InChI is InChI=1S/C4H5NO2/c6-3-4-5-1-2-7-4/h3H,1-2H2. The number of hydrogen-bond acceptors (Lipinski definition) is 3. The molecular weight excluding hydrogens is 94.0 g/mol. The van der Waals surface area contributed by atoms with Crippen molar-refractivity contribution in [2.45, 2.75) is 0 Å². The Morgan fingerprint density at radius 3 is 3.00 bits per heavy atom. The van der Waals surface area contributed by atoms with Gasteiger partial charge in [-0.1, -0.05) is 0 Å². The van der Waals surface area contributed by atoms with Gasteiger partial charge in [-0.2, -0.15) is 0 Å². The van der Waals surface area contributed by atoms with Gasteiger partial charge in [0.2, 0.25) is 12.2 Å². The molecule has 1 heterocycles. The number of hydrogen-bond donors (Lipinski definition) is 0. The Morgan fingerprint density at radius 1 is 1.86 bits per heavy atom. The second-order valence-electron chi connectivity index (χ2n) is 1.19. The third-order valence-electron chi connectivity index (χ3n) is 0.710. The number of carbonyl (C=O) groups excluding carboxylic acids is 1. The lowest BCUT2D eigenvalue weighted by Crippen LogP contribution is -1.97. The molecule has 0 bridgehead atoms. The normalized spacial score (nSPS) is 18.0. The van der Waals surface area contributed by atoms with Crippen LogP contribution in [0, 0.1) is 0 Å². The SMILES string of the molecule is O=CC1=NCCO1. The van der Waals surface area contributed by atoms with E-state index in [1.165, 1.54) is 0 Å². The van der Waals surface area contributed by atoms with Crippen LogP contribution in [0.5, 0.6) is 0 Å². The summed E-state index contributed by atoms with van der Waals surface area (Å²) in [6.07, 6.45) is 0.618. The number of rotatable bonds is 1. The highest BCUT2D eigenvalue weighted by molar-refractivity contribution is 6.24. The smallest absolute Gasteiger partial charge is 0.250 e. The second-order valence-corrected chi connectivity index (χ2v) is 1.19. The van der Waals surface area contributed by atoms with Gasteiger partial charge in [0.05, 0.1) is 6.54 Å². The molecule has 0 aromatic carbocycles. The molecule has 38 valence electrons. The van der Waals surface area contributed by atoms with E-state index in [1.54, 1.807) is 0 Å². The predicted molar refractivity (Wildman–Crippen MR) is 24.3 cm³/mol. The zero-order valence-corrected chi connectivity index (χ0v) is 3.76. The van der Waals surface area contributed by atoms with Crippen molar-refractivity contribution in [3.8, 4) is 0 Å². The Morgan fingerprint density at radius 2 is 2.71 bits per heavy atom. The summed E-state index contributed by atoms with van der Waals surface area (Å²) in [5.74, 6) is 0.236. The van der Waals surface area contributed by atoms with Gasteiger partial charge in [-0.15, -0.1) is 0 Å². The minimum atomic E-state index is 0.236. The fraction of sp³-hybridized carbons (Fsp3) is 0.500. The van der Waals surface area contributed by atoms with Gasteiger partial charge in [-0.3, -0.25) is 4.79 Å². The quantitative estimate of drug-likeness (QED) is 0.420. The maximum absolute atomic E-state index is 9.75. The van der Waals surface area contributed by atoms with E-state index in [2.05, 4.69) is 9.73 Å². The average Bonchev–Trinajstić information content (AvgIpc) is 2.14. The molecule has 0 saturated heterocycles. The molecule has 0 amide bonds. The number of aldehydes is 1. The topological polar surface area (TPSA) is 38.7 Å². The molecule has 1 aliphatic heterocycles. The number of aliphatic imine (C=N–C) groups is 1. The molecule has 0 fully saturated rings. The monoisotopic (exact) mass is 99.0 g/mol. The van der Waals surface area contributed by atoms with Crippen LogP contribution in [0.15, 0.2) is 4.99 Å². The molecule has 0 aromatic heterocycles. The summed E-state index contributed by atoms with van der Waals surface area (Å²) in [4.78, 5) is 13.4. The number of ether oxygens (including phenoxy) is 1. The third-order valence-corrected chi connectivity index (χ3v) is 0.710. The highest BCUT2D eigenvalue weighted by Crippen LogP contribution is 1.88. The Hall–Kier alpha value is -0.860. The van der Waals surface area contributed by atoms with Crippen molar-refractivity contribution >= 4 is 12.2 Å². The van der Waals surface area contributed by atoms with Crippen LogP contribution < -0.4 is 0 Å². The van der Waals surface area contributed by atoms with Crippen LogP contribution in [0.25, 0.3) is 0 Å². The van der Waals surface area contributed by atoms with Crippen molar-refractivity contribution < 1.29 is 9.53 Å². The Bertz CT molecular complexity index is 108. The molecule has 1 aliphatic rings. The maximum Gasteiger partial charge on any atom is 0.250 e. The van der Waals surface area contributed by atoms with Crippen molar-refractivity contribution in [2.24, 2.45) is 4.99 Å². The highest BCUT2D eigenvalue weighted by Gasteiger charge is 2.02. The summed E-state index contributed by atoms with van der Waals surface area (Å²) in [5.41, 5.74) is 0. The van der Waals surface area contributed by atoms with Crippen LogP contribution in [0.3, 0.4) is 0 Å². The molecule has 0 unspecified atom stereocenters. The zero-order chi connectivity index (χ0) is 5.11. The molecule has 0 aliphatic carbocycles. The van der Waals surface area contributed by atoms with Crippen molar-refractivity contribution in [3.63, 3.8) is 0 Å². The zero-order valence-electron chi connectivity index (χ0n) is 3.76. The van der Waals surface area contributed by atoms with Crippen molar-refractivity contribution in [2.75, 3.05) is 13.2 Å². The lowest BCUT2D eigenvalue weighted by atomic mass is 10.7. The number of nitrogens with zero attached hydrogens (tertiary/aromatic N) is 1. The van der Waals surface area contributed by atoms with Gasteiger partial charge in [-0.25, -0.2) is 4.99 Å². The summed E-state index contributed by atoms with van der Waals surface area (Å²) in [6.45, 7) is 1.20. The third kappa shape index (κ3) is 0.765. The fourth-order valence-electron chi connectivity index (χ4n) is 0.423. The molecule has 0 saturated carbocycles. The van der Waals surface area contributed by atoms with Gasteiger partial charge in [0.25, 0.3) is 0 Å². The van der Waals surface area contributed by atoms with Crippen LogP contribution >= 0.6 is 0 Å². The van der Waals surface area contributed by atoms with Crippen LogP contribution in [0.4, 0.5) is 0 Å². The Kier molecular flexibility index (Phi) is 1.06. The van der Waals surface area contributed by atoms with Gasteiger partial charge < -0.3 is 4.74 Å². The van der Waals surface area contributed by atoms with Gasteiger partial charge >= 0.3 is 0 Å². The molecule has 3 heteroatoms. The highest BCUT2D eigenvalue weighted by atomic mass is 16.5. The summed E-state index contributed by atoms with van der Waals surface area (Å²) >= 11 is 0. The lowest BCUT2D eigenvalue weighted by molar-refractivity contribution is -0.103. The van der Waals surface area contributed by atoms with Gasteiger partial charge in [0, 0.05) is 0 Å². The molecule has 0 spiro atoms. The first kappa shape index (κ1) is 4.30. The first-order valence-electron chi connectivity index (χ1n) is 2.06. The van der Waals surface area contributed by atoms with E-state index in [9.17, 15) is 4.79 Å². The van der Waals surface area contributed by atoms with E-state index in [0.717, 1.165) is 0 Å². The van der Waals surface area contributed by atoms with Crippen LogP contribution in [0.1, 0.15) is 0 Å². The van der Waals surface area contributed by atoms with Gasteiger partial charge in [-0.05, 0) is 0 Å². The van der Waals surface area contributed by atoms with E-state index in [-0.39, 0.29) is 5.90 Å². The van der Waals surface area contributed by atoms with E-state index in [1.807, 2.05) is 0 Å². The first-order chi connectivity index (χ1) is 3.43. The molecule has 0 aromatic rings. The first-order valence-corrected chi connectivity index (χ1v) is 2.06. The van der Waals surface area contributed by atoms with Crippen LogP contribution in [-0.2, 0) is 9.53 Å². The summed E-state index contributed by atoms with van der Waals surface area (Å²) in [5, 5.41) is 0. The van der Waals surface area contributed by atoms with Gasteiger partial charge in [0.15, 0.2) is 0 Å². The van der Waals surface area contributed by atoms with Gasteiger partial charge in [0.1, 0.15) is 6.61 Å². The van der Waals surface area contributed by atoms with Crippen molar-refractivity contribution in [1.29, 1.82) is 0 Å². The van der Waals surface area contributed by atoms with E-state index in [0.29, 0.717) is 19.4 Å². The minimum Gasteiger partial charge on any atom is -0.474 e. The minimum absolute atomic E-state index is 0.236. The molecule has 0 N–H and O–H groups in total. The number of carbonyl (C=O) groups is 1. The summed E-state index contributed by atoms with van der Waals surface area (Å²) in [7, 11) is 0. The molecule has 0 radical (unpaired) electrons. The summed E-state index contributed by atoms with van der Waals surface area (Å²) in [6, 6.07) is 0. The maximum atomic E-state index is 9.75. The predicted octanol–water partition coefficient (Wildman–Crippen LogP) is -0.386. The largest absolute Gasteiger partial charge is 0.474 e. The molecule has 7 heavy (non-hydrogen) atoms. The summed E-state index contributed by atoms with van der Waals surface area (Å²) < 4.78 is 4.68. The molecule has 0 atom stereocenters. The molecule has 3 nitrogen and oxygen atoms in total. The van der Waals surface area contributed by atoms with Crippen LogP contribution in [-0.4, -0.2) is 25.3 Å². The van der Waals surface area contributed by atoms with Crippen LogP contribution in [0.2, 0.25) is 0 Å². The Balaban J connectivity index is 2.51. The Labute approximate surface area is 41.0 Å². The van der Waals surface area contributed by atoms with E-state index < -0.39 is 0 Å². The lowest BCUT2D eigenvalue weighted by Gasteiger charge is -1.85. The van der Waals surface area contributed by atoms with E-state index in [4.69, 9.17) is 0 Å². The second kappa shape index (κ2) is 1.73. The fourth-order valence-corrected chi connectivity index (χ4v) is 0.423. The molecular formula is C4H5NO2. The molecule has 1 rings (SSSR count). The van der Waals surface area contributed by atoms with Crippen molar-refractivity contribution in [3.05, 3.63) is 0 Å². The van der Waals surface area contributed by atoms with E-state index >= 15 is 0 Å².